The van der Waals surface area contributed by atoms with Gasteiger partial charge in [0, 0.05) is 16.6 Å². The van der Waals surface area contributed by atoms with Crippen LogP contribution in [0.1, 0.15) is 43.8 Å². The molecule has 0 spiro atoms. The van der Waals surface area contributed by atoms with E-state index in [1.807, 2.05) is 0 Å². The van der Waals surface area contributed by atoms with Gasteiger partial charge >= 0.3 is 0 Å². The van der Waals surface area contributed by atoms with Crippen LogP contribution in [0, 0.1) is 13.8 Å². The van der Waals surface area contributed by atoms with Crippen molar-refractivity contribution in [3.63, 3.8) is 0 Å². The molecule has 1 heterocycles. The zero-order valence-electron chi connectivity index (χ0n) is 13.4. The van der Waals surface area contributed by atoms with Crippen molar-refractivity contribution >= 4 is 21.6 Å². The van der Waals surface area contributed by atoms with Crippen molar-refractivity contribution in [1.82, 2.24) is 9.78 Å². The number of nitrogens with zero attached hydrogens (tertiary/aromatic N) is 2. The number of benzene rings is 1. The van der Waals surface area contributed by atoms with E-state index in [4.69, 9.17) is 0 Å². The van der Waals surface area contributed by atoms with E-state index in [2.05, 4.69) is 89.9 Å². The molecule has 2 rings (SSSR count). The van der Waals surface area contributed by atoms with Crippen LogP contribution in [-0.2, 0) is 6.42 Å². The fourth-order valence-electron chi connectivity index (χ4n) is 2.65. The number of hydrogen-bond donors (Lipinski definition) is 1. The second-order valence-electron chi connectivity index (χ2n) is 5.96. The van der Waals surface area contributed by atoms with Gasteiger partial charge in [-0.05, 0) is 58.7 Å². The van der Waals surface area contributed by atoms with E-state index in [1.54, 1.807) is 0 Å². The zero-order valence-corrected chi connectivity index (χ0v) is 15.0. The van der Waals surface area contributed by atoms with Crippen LogP contribution in [-0.4, -0.2) is 15.8 Å². The third kappa shape index (κ3) is 3.88. The summed E-state index contributed by atoms with van der Waals surface area (Å²) in [4.78, 5) is 0. The van der Waals surface area contributed by atoms with Gasteiger partial charge in [0.15, 0.2) is 0 Å². The minimum atomic E-state index is 0.369. The highest BCUT2D eigenvalue weighted by molar-refractivity contribution is 9.10. The van der Waals surface area contributed by atoms with Crippen LogP contribution < -0.4 is 5.32 Å². The summed E-state index contributed by atoms with van der Waals surface area (Å²) in [5.41, 5.74) is 4.80. The Morgan fingerprint density at radius 2 is 1.76 bits per heavy atom. The average molecular weight is 350 g/mol. The molecule has 0 radical (unpaired) electrons. The van der Waals surface area contributed by atoms with Gasteiger partial charge in [0.1, 0.15) is 0 Å². The summed E-state index contributed by atoms with van der Waals surface area (Å²) in [6.45, 7) is 10.7. The highest BCUT2D eigenvalue weighted by atomic mass is 79.9. The monoisotopic (exact) mass is 349 g/mol. The topological polar surface area (TPSA) is 29.9 Å². The van der Waals surface area contributed by atoms with Crippen molar-refractivity contribution in [3.05, 3.63) is 45.7 Å². The molecule has 0 saturated carbocycles. The van der Waals surface area contributed by atoms with Gasteiger partial charge in [-0.3, -0.25) is 4.68 Å². The van der Waals surface area contributed by atoms with Crippen molar-refractivity contribution in [3.8, 4) is 0 Å². The van der Waals surface area contributed by atoms with E-state index >= 15 is 0 Å². The first-order valence-electron chi connectivity index (χ1n) is 7.45. The summed E-state index contributed by atoms with van der Waals surface area (Å²) in [7, 11) is 0. The van der Waals surface area contributed by atoms with E-state index in [9.17, 15) is 0 Å². The number of rotatable bonds is 5. The lowest BCUT2D eigenvalue weighted by atomic mass is 10.1. The third-order valence-electron chi connectivity index (χ3n) is 3.66. The number of anilines is 1. The summed E-state index contributed by atoms with van der Waals surface area (Å²) in [5.74, 6) is 0. The van der Waals surface area contributed by atoms with Crippen LogP contribution in [0.5, 0.6) is 0 Å². The first-order chi connectivity index (χ1) is 9.88. The highest BCUT2D eigenvalue weighted by Gasteiger charge is 2.15. The molecular formula is C17H24BrN3. The first kappa shape index (κ1) is 16.1. The van der Waals surface area contributed by atoms with E-state index < -0.39 is 0 Å². The lowest BCUT2D eigenvalue weighted by Gasteiger charge is -2.16. The average Bonchev–Trinajstić information content (AvgIpc) is 2.69. The molecule has 1 unspecified atom stereocenters. The smallest absolute Gasteiger partial charge is 0.0828 e. The summed E-state index contributed by atoms with van der Waals surface area (Å²) in [5, 5.41) is 8.25. The quantitative estimate of drug-likeness (QED) is 0.832. The molecule has 1 aromatic carbocycles. The molecule has 0 amide bonds. The predicted molar refractivity (Wildman–Crippen MR) is 93.0 cm³/mol. The highest BCUT2D eigenvalue weighted by Crippen LogP contribution is 2.24. The Labute approximate surface area is 135 Å². The Kier molecular flexibility index (Phi) is 5.09. The van der Waals surface area contributed by atoms with Crippen LogP contribution in [0.15, 0.2) is 28.7 Å². The van der Waals surface area contributed by atoms with Gasteiger partial charge in [0.2, 0.25) is 0 Å². The summed E-state index contributed by atoms with van der Waals surface area (Å²) in [6.07, 6.45) is 0.999. The Hall–Kier alpha value is -1.29. The van der Waals surface area contributed by atoms with Gasteiger partial charge < -0.3 is 5.32 Å². The fraction of sp³-hybridized carbons (Fsp3) is 0.471. The van der Waals surface area contributed by atoms with E-state index in [0.717, 1.165) is 16.6 Å². The Morgan fingerprint density at radius 3 is 2.29 bits per heavy atom. The largest absolute Gasteiger partial charge is 0.379 e. The molecule has 114 valence electrons. The summed E-state index contributed by atoms with van der Waals surface area (Å²) in [6, 6.07) is 9.28. The number of aromatic nitrogens is 2. The van der Waals surface area contributed by atoms with Crippen LogP contribution in [0.25, 0.3) is 0 Å². The molecular weight excluding hydrogens is 326 g/mol. The Bertz CT molecular complexity index is 599. The molecule has 3 nitrogen and oxygen atoms in total. The molecule has 4 heteroatoms. The second-order valence-corrected chi connectivity index (χ2v) is 6.88. The van der Waals surface area contributed by atoms with Crippen molar-refractivity contribution in [2.75, 3.05) is 5.32 Å². The maximum Gasteiger partial charge on any atom is 0.0828 e. The van der Waals surface area contributed by atoms with E-state index in [-0.39, 0.29) is 0 Å². The van der Waals surface area contributed by atoms with Gasteiger partial charge in [0.25, 0.3) is 0 Å². The molecule has 0 bridgehead atoms. The van der Waals surface area contributed by atoms with Crippen LogP contribution in [0.3, 0.4) is 0 Å². The van der Waals surface area contributed by atoms with Crippen molar-refractivity contribution < 1.29 is 0 Å². The normalized spacial score (nSPS) is 12.7. The lowest BCUT2D eigenvalue weighted by Crippen LogP contribution is -2.19. The van der Waals surface area contributed by atoms with Crippen molar-refractivity contribution in [1.29, 1.82) is 0 Å². The Balaban J connectivity index is 2.09. The molecule has 0 aliphatic heterocycles. The SMILES string of the molecule is Cc1nn(C(C)C)c(C)c1NC(C)Cc1ccc(Br)cc1. The molecule has 0 aliphatic rings. The molecule has 21 heavy (non-hydrogen) atoms. The Morgan fingerprint density at radius 1 is 1.14 bits per heavy atom. The lowest BCUT2D eigenvalue weighted by molar-refractivity contribution is 0.516. The van der Waals surface area contributed by atoms with E-state index in [1.165, 1.54) is 16.9 Å². The summed E-state index contributed by atoms with van der Waals surface area (Å²) >= 11 is 3.47. The van der Waals surface area contributed by atoms with Gasteiger partial charge in [-0.1, -0.05) is 28.1 Å². The number of halogens is 1. The zero-order chi connectivity index (χ0) is 15.6. The summed E-state index contributed by atoms with van der Waals surface area (Å²) < 4.78 is 3.21. The maximum atomic E-state index is 4.63. The van der Waals surface area contributed by atoms with Crippen molar-refractivity contribution in [2.24, 2.45) is 0 Å². The number of aryl methyl sites for hydroxylation is 1. The molecule has 0 fully saturated rings. The van der Waals surface area contributed by atoms with Crippen molar-refractivity contribution in [2.45, 2.75) is 53.1 Å². The molecule has 2 aromatic rings. The minimum Gasteiger partial charge on any atom is -0.379 e. The van der Waals surface area contributed by atoms with Crippen LogP contribution in [0.4, 0.5) is 5.69 Å². The number of hydrogen-bond acceptors (Lipinski definition) is 2. The van der Waals surface area contributed by atoms with Crippen LogP contribution >= 0.6 is 15.9 Å². The van der Waals surface area contributed by atoms with Gasteiger partial charge in [-0.15, -0.1) is 0 Å². The van der Waals surface area contributed by atoms with E-state index in [0.29, 0.717) is 12.1 Å². The maximum absolute atomic E-state index is 4.63. The van der Waals surface area contributed by atoms with Gasteiger partial charge in [-0.2, -0.15) is 5.10 Å². The van der Waals surface area contributed by atoms with Gasteiger partial charge in [0.05, 0.1) is 17.1 Å². The molecule has 1 atom stereocenters. The molecule has 1 N–H and O–H groups in total. The van der Waals surface area contributed by atoms with Crippen LogP contribution in [0.2, 0.25) is 0 Å². The minimum absolute atomic E-state index is 0.369. The first-order valence-corrected chi connectivity index (χ1v) is 8.24. The molecule has 1 aromatic heterocycles. The third-order valence-corrected chi connectivity index (χ3v) is 4.19. The molecule has 0 aliphatic carbocycles. The standard InChI is InChI=1S/C17H24BrN3/c1-11(2)21-14(5)17(13(4)20-21)19-12(3)10-15-6-8-16(18)9-7-15/h6-9,11-12,19H,10H2,1-5H3. The second kappa shape index (κ2) is 6.65. The van der Waals surface area contributed by atoms with Gasteiger partial charge in [-0.25, -0.2) is 0 Å². The number of nitrogens with one attached hydrogen (secondary N) is 1. The fourth-order valence-corrected chi connectivity index (χ4v) is 2.91. The molecule has 0 saturated heterocycles. The predicted octanol–water partition coefficient (Wildman–Crippen LogP) is 4.89.